The zero-order valence-corrected chi connectivity index (χ0v) is 23.8. The SMILES string of the molecule is CCCC(=O)O[C@H]1CC[C@@]2(C)C=CC([C@H](C)C(=O)OC)=C(O2)[C@@H]2[C@@H](C)[C@@H](OC(C)=O)C[C@@H](OC(C)=O)[C@@]12C. The van der Waals surface area contributed by atoms with Crippen molar-refractivity contribution in [2.45, 2.75) is 104 Å². The van der Waals surface area contributed by atoms with Crippen LogP contribution in [-0.4, -0.2) is 54.9 Å². The number of methoxy groups -OCH3 is 1. The van der Waals surface area contributed by atoms with Gasteiger partial charge in [-0.05, 0) is 39.2 Å². The predicted molar refractivity (Wildman–Crippen MR) is 137 cm³/mol. The van der Waals surface area contributed by atoms with Gasteiger partial charge in [-0.15, -0.1) is 0 Å². The Labute approximate surface area is 225 Å². The molecule has 0 aromatic rings. The number of esters is 4. The van der Waals surface area contributed by atoms with Crippen molar-refractivity contribution in [1.29, 1.82) is 0 Å². The fraction of sp³-hybridized carbons (Fsp3) is 0.724. The van der Waals surface area contributed by atoms with Crippen molar-refractivity contribution in [3.63, 3.8) is 0 Å². The van der Waals surface area contributed by atoms with Gasteiger partial charge in [-0.3, -0.25) is 19.2 Å². The molecule has 3 aliphatic rings. The number of hydrogen-bond acceptors (Lipinski definition) is 9. The summed E-state index contributed by atoms with van der Waals surface area (Å²) in [6.45, 7) is 12.2. The van der Waals surface area contributed by atoms with Crippen LogP contribution >= 0.6 is 0 Å². The van der Waals surface area contributed by atoms with Gasteiger partial charge in [0.25, 0.3) is 0 Å². The van der Waals surface area contributed by atoms with Crippen LogP contribution in [0.2, 0.25) is 0 Å². The van der Waals surface area contributed by atoms with Crippen molar-refractivity contribution in [1.82, 2.24) is 0 Å². The van der Waals surface area contributed by atoms with E-state index in [-0.39, 0.29) is 24.7 Å². The van der Waals surface area contributed by atoms with Crippen LogP contribution < -0.4 is 0 Å². The number of rotatable bonds is 7. The molecule has 0 spiro atoms. The Morgan fingerprint density at radius 1 is 1.08 bits per heavy atom. The molecule has 1 saturated carbocycles. The van der Waals surface area contributed by atoms with Gasteiger partial charge in [0.15, 0.2) is 0 Å². The van der Waals surface area contributed by atoms with Crippen molar-refractivity contribution >= 4 is 23.9 Å². The highest BCUT2D eigenvalue weighted by Crippen LogP contribution is 2.58. The minimum Gasteiger partial charge on any atom is -0.487 e. The van der Waals surface area contributed by atoms with Gasteiger partial charge in [0.1, 0.15) is 29.7 Å². The highest BCUT2D eigenvalue weighted by atomic mass is 16.6. The van der Waals surface area contributed by atoms with Gasteiger partial charge in [-0.2, -0.15) is 0 Å². The Morgan fingerprint density at radius 3 is 2.32 bits per heavy atom. The maximum absolute atomic E-state index is 12.9. The smallest absolute Gasteiger partial charge is 0.312 e. The minimum absolute atomic E-state index is 0.247. The second-order valence-corrected chi connectivity index (χ2v) is 11.3. The average molecular weight is 535 g/mol. The van der Waals surface area contributed by atoms with Crippen LogP contribution in [0.15, 0.2) is 23.5 Å². The molecule has 0 radical (unpaired) electrons. The van der Waals surface area contributed by atoms with Crippen LogP contribution in [0.25, 0.3) is 0 Å². The molecule has 2 fully saturated rings. The molecule has 1 aliphatic carbocycles. The van der Waals surface area contributed by atoms with Crippen molar-refractivity contribution in [3.8, 4) is 0 Å². The highest BCUT2D eigenvalue weighted by molar-refractivity contribution is 5.76. The van der Waals surface area contributed by atoms with Crippen LogP contribution in [0.5, 0.6) is 0 Å². The molecule has 0 unspecified atom stereocenters. The lowest BCUT2D eigenvalue weighted by Gasteiger charge is -2.57. The van der Waals surface area contributed by atoms with Gasteiger partial charge < -0.3 is 23.7 Å². The fourth-order valence-electron chi connectivity index (χ4n) is 6.40. The number of carbonyl (C=O) groups excluding carboxylic acids is 4. The van der Waals surface area contributed by atoms with E-state index >= 15 is 0 Å². The minimum atomic E-state index is -0.936. The average Bonchev–Trinajstić information content (AvgIpc) is 2.83. The van der Waals surface area contributed by atoms with E-state index in [1.54, 1.807) is 6.92 Å². The Bertz CT molecular complexity index is 1010. The topological polar surface area (TPSA) is 114 Å². The zero-order valence-electron chi connectivity index (χ0n) is 23.8. The number of fused-ring (bicyclic) bond motifs is 4. The monoisotopic (exact) mass is 534 g/mol. The van der Waals surface area contributed by atoms with E-state index in [4.69, 9.17) is 23.7 Å². The molecule has 2 heterocycles. The Morgan fingerprint density at radius 2 is 1.74 bits per heavy atom. The number of ether oxygens (including phenoxy) is 5. The zero-order chi connectivity index (χ0) is 28.4. The van der Waals surface area contributed by atoms with E-state index in [9.17, 15) is 19.2 Å². The number of hydrogen-bond donors (Lipinski definition) is 0. The van der Waals surface area contributed by atoms with Crippen molar-refractivity contribution < 1.29 is 42.9 Å². The van der Waals surface area contributed by atoms with Crippen molar-refractivity contribution in [2.24, 2.45) is 23.2 Å². The molecular weight excluding hydrogens is 492 g/mol. The van der Waals surface area contributed by atoms with Gasteiger partial charge in [-0.1, -0.05) is 26.8 Å². The molecule has 9 nitrogen and oxygen atoms in total. The lowest BCUT2D eigenvalue weighted by atomic mass is 9.55. The van der Waals surface area contributed by atoms with E-state index in [1.807, 2.05) is 39.8 Å². The molecule has 9 heteroatoms. The molecular formula is C29H42O9. The third kappa shape index (κ3) is 5.76. The molecule has 0 aromatic carbocycles. The molecule has 0 amide bonds. The van der Waals surface area contributed by atoms with E-state index in [1.165, 1.54) is 21.0 Å². The van der Waals surface area contributed by atoms with Crippen LogP contribution in [0, 0.1) is 23.2 Å². The van der Waals surface area contributed by atoms with Crippen LogP contribution in [0.1, 0.15) is 80.6 Å². The van der Waals surface area contributed by atoms with E-state index in [0.29, 0.717) is 30.6 Å². The van der Waals surface area contributed by atoms with Crippen molar-refractivity contribution in [3.05, 3.63) is 23.5 Å². The summed E-state index contributed by atoms with van der Waals surface area (Å²) in [4.78, 5) is 49.9. The van der Waals surface area contributed by atoms with Crippen LogP contribution in [-0.2, 0) is 42.9 Å². The lowest BCUT2D eigenvalue weighted by molar-refractivity contribution is -0.218. The summed E-state index contributed by atoms with van der Waals surface area (Å²) in [6, 6.07) is 0. The first kappa shape index (κ1) is 29.7. The van der Waals surface area contributed by atoms with Crippen molar-refractivity contribution in [2.75, 3.05) is 7.11 Å². The molecule has 0 aromatic heterocycles. The molecule has 38 heavy (non-hydrogen) atoms. The van der Waals surface area contributed by atoms with Gasteiger partial charge in [0.05, 0.1) is 18.4 Å². The first-order chi connectivity index (χ1) is 17.8. The van der Waals surface area contributed by atoms with Gasteiger partial charge >= 0.3 is 23.9 Å². The second kappa shape index (κ2) is 11.5. The number of allylic oxidation sites excluding steroid dienone is 2. The van der Waals surface area contributed by atoms with Crippen LogP contribution in [0.3, 0.4) is 0 Å². The first-order valence-electron chi connectivity index (χ1n) is 13.5. The van der Waals surface area contributed by atoms with Crippen LogP contribution in [0.4, 0.5) is 0 Å². The summed E-state index contributed by atoms with van der Waals surface area (Å²) in [5.41, 5.74) is -1.01. The quantitative estimate of drug-likeness (QED) is 0.346. The largest absolute Gasteiger partial charge is 0.487 e. The third-order valence-corrected chi connectivity index (χ3v) is 8.42. The summed E-state index contributed by atoms with van der Waals surface area (Å²) in [7, 11) is 1.34. The van der Waals surface area contributed by atoms with Gasteiger partial charge in [-0.25, -0.2) is 0 Å². The lowest BCUT2D eigenvalue weighted by Crippen LogP contribution is -2.62. The van der Waals surface area contributed by atoms with E-state index in [2.05, 4.69) is 0 Å². The molecule has 1 saturated heterocycles. The molecule has 0 N–H and O–H groups in total. The highest BCUT2D eigenvalue weighted by Gasteiger charge is 2.62. The molecule has 8 atom stereocenters. The normalized spacial score (nSPS) is 35.0. The Balaban J connectivity index is 2.29. The molecule has 212 valence electrons. The van der Waals surface area contributed by atoms with E-state index in [0.717, 1.165) is 0 Å². The number of carbonyl (C=O) groups is 4. The second-order valence-electron chi connectivity index (χ2n) is 11.3. The summed E-state index contributed by atoms with van der Waals surface area (Å²) in [6.07, 6.45) is 4.05. The van der Waals surface area contributed by atoms with E-state index < -0.39 is 59.1 Å². The first-order valence-corrected chi connectivity index (χ1v) is 13.5. The maximum Gasteiger partial charge on any atom is 0.312 e. The molecule has 3 rings (SSSR count). The molecule has 2 bridgehead atoms. The fourth-order valence-corrected chi connectivity index (χ4v) is 6.40. The van der Waals surface area contributed by atoms with Gasteiger partial charge in [0, 0.05) is 44.1 Å². The summed E-state index contributed by atoms with van der Waals surface area (Å²) in [5, 5.41) is 0. The Hall–Kier alpha value is -2.84. The summed E-state index contributed by atoms with van der Waals surface area (Å²) < 4.78 is 29.6. The summed E-state index contributed by atoms with van der Waals surface area (Å²) >= 11 is 0. The Kier molecular flexibility index (Phi) is 8.99. The summed E-state index contributed by atoms with van der Waals surface area (Å²) in [5.74, 6) is -2.60. The molecule has 2 aliphatic heterocycles. The maximum atomic E-state index is 12.9. The third-order valence-electron chi connectivity index (χ3n) is 8.42. The predicted octanol–water partition coefficient (Wildman–Crippen LogP) is 4.43. The van der Waals surface area contributed by atoms with Gasteiger partial charge in [0.2, 0.25) is 0 Å². The standard InChI is InChI=1S/C29H42O9/c1-9-10-24(32)37-22-12-14-28(6)13-11-20(16(2)27(33)34-8)26(38-28)25-17(3)21(35-18(4)30)15-23(29(22,25)7)36-19(5)31/h11,13,16-17,21-23,25H,9-10,12,14-15H2,1-8H3/t16-,17-,21-,22-,23+,25-,28+,29+/m0/s1.